The lowest BCUT2D eigenvalue weighted by Crippen LogP contribution is -2.58. The Morgan fingerprint density at radius 3 is 2.34 bits per heavy atom. The summed E-state index contributed by atoms with van der Waals surface area (Å²) in [6.07, 6.45) is -0.245. The van der Waals surface area contributed by atoms with E-state index in [1.165, 1.54) is 4.90 Å². The average molecular weight is 973 g/mol. The van der Waals surface area contributed by atoms with Gasteiger partial charge in [0.05, 0.1) is 40.9 Å². The first-order chi connectivity index (χ1) is 32.0. The summed E-state index contributed by atoms with van der Waals surface area (Å²) in [4.78, 5) is 66.9. The molecular weight excluding hydrogens is 914 g/mol. The monoisotopic (exact) mass is 971 g/mol. The second-order valence-corrected chi connectivity index (χ2v) is 20.4. The predicted molar refractivity (Wildman–Crippen MR) is 259 cm³/mol. The lowest BCUT2D eigenvalue weighted by atomic mass is 9.85. The summed E-state index contributed by atoms with van der Waals surface area (Å²) in [7, 11) is 0. The van der Waals surface area contributed by atoms with Crippen LogP contribution in [0.2, 0.25) is 5.02 Å². The fourth-order valence-electron chi connectivity index (χ4n) is 8.16. The van der Waals surface area contributed by atoms with E-state index in [9.17, 15) is 24.3 Å². The van der Waals surface area contributed by atoms with E-state index >= 15 is 0 Å². The van der Waals surface area contributed by atoms with E-state index in [0.717, 1.165) is 54.0 Å². The number of benzene rings is 2. The lowest BCUT2D eigenvalue weighted by molar-refractivity contribution is -0.144. The molecule has 356 valence electrons. The number of halogens is 1. The van der Waals surface area contributed by atoms with Crippen LogP contribution in [0.1, 0.15) is 90.5 Å². The highest BCUT2D eigenvalue weighted by atomic mass is 35.5. The van der Waals surface area contributed by atoms with Crippen LogP contribution in [0.15, 0.2) is 59.0 Å². The SMILES string of the molecule is Cc1ncsc1-c1ccc(CNC(=O)[C@@H]2C[C@@H](O)CN2C(=O)C(NC(=O)COCCCOCCNC(=O)C[C@@H]2N=C(c3ccc(Cl)cc3)c3c(sc(C)c3C)-n3c(C)nnc32)C(C)(C)C)cc1. The van der Waals surface area contributed by atoms with Gasteiger partial charge in [-0.2, -0.15) is 0 Å². The van der Waals surface area contributed by atoms with E-state index in [0.29, 0.717) is 29.7 Å². The predicted octanol–water partition coefficient (Wildman–Crippen LogP) is 5.97. The van der Waals surface area contributed by atoms with Crippen molar-refractivity contribution in [2.24, 2.45) is 10.4 Å². The zero-order valence-corrected chi connectivity index (χ0v) is 41.2. The number of nitrogens with zero attached hydrogens (tertiary/aromatic N) is 6. The molecule has 0 aliphatic carbocycles. The van der Waals surface area contributed by atoms with Crippen LogP contribution in [0.5, 0.6) is 0 Å². The number of aliphatic hydroxyl groups is 1. The second kappa shape index (κ2) is 21.7. The Hall–Kier alpha value is -5.37. The van der Waals surface area contributed by atoms with Crippen LogP contribution in [0.4, 0.5) is 0 Å². The summed E-state index contributed by atoms with van der Waals surface area (Å²) in [5, 5.41) is 29.7. The van der Waals surface area contributed by atoms with Crippen molar-refractivity contribution in [1.82, 2.24) is 40.6 Å². The Morgan fingerprint density at radius 2 is 1.64 bits per heavy atom. The fraction of sp³-hybridized carbons (Fsp3) is 0.458. The largest absolute Gasteiger partial charge is 0.391 e. The Morgan fingerprint density at radius 1 is 0.925 bits per heavy atom. The number of aryl methyl sites for hydroxylation is 3. The minimum Gasteiger partial charge on any atom is -0.391 e. The number of aromatic nitrogens is 4. The van der Waals surface area contributed by atoms with Gasteiger partial charge in [0.1, 0.15) is 35.6 Å². The van der Waals surface area contributed by atoms with Gasteiger partial charge < -0.3 is 35.4 Å². The molecule has 2 aliphatic heterocycles. The van der Waals surface area contributed by atoms with Gasteiger partial charge in [0.25, 0.3) is 0 Å². The smallest absolute Gasteiger partial charge is 0.246 e. The third-order valence-corrected chi connectivity index (χ3v) is 14.2. The molecule has 5 heterocycles. The zero-order valence-electron chi connectivity index (χ0n) is 38.9. The second-order valence-electron chi connectivity index (χ2n) is 17.9. The van der Waals surface area contributed by atoms with Crippen LogP contribution < -0.4 is 16.0 Å². The van der Waals surface area contributed by atoms with E-state index < -0.39 is 41.5 Å². The van der Waals surface area contributed by atoms with Crippen LogP contribution in [0.3, 0.4) is 0 Å². The molecule has 2 aromatic carbocycles. The Kier molecular flexibility index (Phi) is 16.1. The maximum atomic E-state index is 14.0. The highest BCUT2D eigenvalue weighted by Gasteiger charge is 2.44. The van der Waals surface area contributed by atoms with Gasteiger partial charge in [-0.3, -0.25) is 28.7 Å². The summed E-state index contributed by atoms with van der Waals surface area (Å²) in [6.45, 7) is 14.5. The number of amides is 4. The summed E-state index contributed by atoms with van der Waals surface area (Å²) >= 11 is 9.45. The van der Waals surface area contributed by atoms with Crippen molar-refractivity contribution in [2.75, 3.05) is 39.5 Å². The molecule has 0 bridgehead atoms. The number of thiophene rings is 1. The van der Waals surface area contributed by atoms with Crippen molar-refractivity contribution >= 4 is 63.6 Å². The molecule has 4 amide bonds. The molecule has 1 unspecified atom stereocenters. The number of rotatable bonds is 18. The molecule has 2 aliphatic rings. The molecule has 4 N–H and O–H groups in total. The minimum atomic E-state index is -0.977. The molecule has 7 rings (SSSR count). The van der Waals surface area contributed by atoms with E-state index in [1.54, 1.807) is 22.7 Å². The Labute approximate surface area is 403 Å². The first-order valence-electron chi connectivity index (χ1n) is 22.3. The number of carbonyl (C=O) groups is 4. The van der Waals surface area contributed by atoms with Crippen molar-refractivity contribution in [3.05, 3.63) is 104 Å². The number of ether oxygens (including phenoxy) is 2. The number of nitrogens with one attached hydrogen (secondary N) is 3. The van der Waals surface area contributed by atoms with Gasteiger partial charge in [-0.25, -0.2) is 4.98 Å². The third-order valence-electron chi connectivity index (χ3n) is 11.8. The van der Waals surface area contributed by atoms with Crippen molar-refractivity contribution in [2.45, 2.75) is 98.5 Å². The zero-order chi connectivity index (χ0) is 48.0. The van der Waals surface area contributed by atoms with Gasteiger partial charge in [0.2, 0.25) is 23.6 Å². The van der Waals surface area contributed by atoms with Crippen molar-refractivity contribution in [3.63, 3.8) is 0 Å². The van der Waals surface area contributed by atoms with E-state index in [2.05, 4.69) is 45.0 Å². The molecule has 1 saturated heterocycles. The number of likely N-dealkylation sites (tertiary alicyclic amines) is 1. The fourth-order valence-corrected chi connectivity index (χ4v) is 10.3. The van der Waals surface area contributed by atoms with Gasteiger partial charge in [0, 0.05) is 60.3 Å². The summed E-state index contributed by atoms with van der Waals surface area (Å²) in [5.41, 5.74) is 7.76. The van der Waals surface area contributed by atoms with Gasteiger partial charge in [-0.15, -0.1) is 32.9 Å². The van der Waals surface area contributed by atoms with E-state index in [4.69, 9.17) is 26.1 Å². The maximum absolute atomic E-state index is 14.0. The Balaban J connectivity index is 0.832. The first kappa shape index (κ1) is 49.5. The lowest BCUT2D eigenvalue weighted by Gasteiger charge is -2.35. The summed E-state index contributed by atoms with van der Waals surface area (Å²) in [5.74, 6) is -0.210. The molecule has 0 radical (unpaired) electrons. The van der Waals surface area contributed by atoms with Gasteiger partial charge in [0.15, 0.2) is 5.82 Å². The molecule has 67 heavy (non-hydrogen) atoms. The summed E-state index contributed by atoms with van der Waals surface area (Å²) in [6, 6.07) is 12.9. The van der Waals surface area contributed by atoms with E-state index in [1.807, 2.05) is 93.2 Å². The number of β-amino-alcohol motifs (C(OH)–C–C–N with tert-alkyl or cyclic N) is 1. The quantitative estimate of drug-likeness (QED) is 0.0759. The maximum Gasteiger partial charge on any atom is 0.246 e. The molecule has 1 fully saturated rings. The van der Waals surface area contributed by atoms with Crippen LogP contribution in [0.25, 0.3) is 15.4 Å². The van der Waals surface area contributed by atoms with Gasteiger partial charge >= 0.3 is 0 Å². The number of hydrogen-bond donors (Lipinski definition) is 4. The summed E-state index contributed by atoms with van der Waals surface area (Å²) < 4.78 is 13.4. The number of hydrogen-bond acceptors (Lipinski definition) is 13. The normalized spacial score (nSPS) is 17.3. The van der Waals surface area contributed by atoms with Crippen LogP contribution in [-0.2, 0) is 35.2 Å². The van der Waals surface area contributed by atoms with Crippen molar-refractivity contribution in [3.8, 4) is 15.4 Å². The molecule has 4 atom stereocenters. The highest BCUT2D eigenvalue weighted by Crippen LogP contribution is 2.40. The van der Waals surface area contributed by atoms with Gasteiger partial charge in [-0.05, 0) is 68.4 Å². The first-order valence-corrected chi connectivity index (χ1v) is 24.4. The molecule has 19 heteroatoms. The van der Waals surface area contributed by atoms with Gasteiger partial charge in [-0.1, -0.05) is 68.8 Å². The number of carbonyl (C=O) groups excluding carboxylic acids is 4. The van der Waals surface area contributed by atoms with Crippen LogP contribution in [-0.4, -0.2) is 117 Å². The van der Waals surface area contributed by atoms with E-state index in [-0.39, 0.29) is 64.1 Å². The Bertz CT molecular complexity index is 2600. The topological polar surface area (TPSA) is 202 Å². The molecular formula is C48H58ClN9O7S2. The standard InChI is InChI=1S/C48H58ClN9O7S2/c1-27-29(3)67-47-40(27)41(32-13-15-34(49)16-14-32)53-36(44-56-55-30(4)58(44)47)22-38(60)50-17-20-64-18-8-19-65-25-39(61)54-43(48(5,6)7)46(63)57-24-35(59)21-37(57)45(62)51-23-31-9-11-33(12-10-31)42-28(2)52-26-66-42/h9-16,26,35-37,43,59H,8,17-25H2,1-7H3,(H,50,60)(H,51,62)(H,54,61)/t35-,36+,37+,43?/m1/s1. The molecule has 0 spiro atoms. The molecule has 3 aromatic heterocycles. The third kappa shape index (κ3) is 11.8. The van der Waals surface area contributed by atoms with Crippen molar-refractivity contribution < 1.29 is 33.8 Å². The number of aliphatic hydroxyl groups excluding tert-OH is 1. The van der Waals surface area contributed by atoms with Crippen LogP contribution in [0, 0.1) is 33.1 Å². The number of fused-ring (bicyclic) bond motifs is 3. The van der Waals surface area contributed by atoms with Crippen molar-refractivity contribution in [1.29, 1.82) is 0 Å². The molecule has 0 saturated carbocycles. The number of aliphatic imine (C=N–C) groups is 1. The molecule has 16 nitrogen and oxygen atoms in total. The molecule has 5 aromatic rings. The average Bonchev–Trinajstić information content (AvgIpc) is 4.06. The minimum absolute atomic E-state index is 0.0246. The highest BCUT2D eigenvalue weighted by molar-refractivity contribution is 7.15. The number of thiazole rings is 1. The van der Waals surface area contributed by atoms with Crippen LogP contribution >= 0.6 is 34.3 Å².